The van der Waals surface area contributed by atoms with Gasteiger partial charge >= 0.3 is 0 Å². The molecule has 5 heteroatoms. The Labute approximate surface area is 128 Å². The highest BCUT2D eigenvalue weighted by atomic mass is 35.5. The van der Waals surface area contributed by atoms with Crippen molar-refractivity contribution in [2.45, 2.75) is 12.8 Å². The first-order valence-corrected chi connectivity index (χ1v) is 7.05. The summed E-state index contributed by atoms with van der Waals surface area (Å²) < 4.78 is 5.52. The van der Waals surface area contributed by atoms with E-state index in [4.69, 9.17) is 22.1 Å². The van der Waals surface area contributed by atoms with Crippen LogP contribution in [0, 0.1) is 0 Å². The normalized spacial score (nSPS) is 10.1. The molecule has 0 spiro atoms. The molecule has 3 N–H and O–H groups in total. The summed E-state index contributed by atoms with van der Waals surface area (Å²) in [7, 11) is 0. The Morgan fingerprint density at radius 3 is 2.71 bits per heavy atom. The van der Waals surface area contributed by atoms with Crippen LogP contribution in [0.4, 0.5) is 11.4 Å². The summed E-state index contributed by atoms with van der Waals surface area (Å²) in [5, 5.41) is 3.28. The number of para-hydroxylation sites is 1. The van der Waals surface area contributed by atoms with Crippen LogP contribution in [-0.2, 0) is 4.79 Å². The van der Waals surface area contributed by atoms with Crippen molar-refractivity contribution >= 4 is 28.9 Å². The molecule has 0 saturated carbocycles. The van der Waals surface area contributed by atoms with E-state index in [-0.39, 0.29) is 5.91 Å². The second kappa shape index (κ2) is 7.55. The van der Waals surface area contributed by atoms with Gasteiger partial charge in [-0.25, -0.2) is 0 Å². The van der Waals surface area contributed by atoms with Gasteiger partial charge in [-0.3, -0.25) is 4.79 Å². The number of halogens is 1. The van der Waals surface area contributed by atoms with E-state index in [9.17, 15) is 4.79 Å². The van der Waals surface area contributed by atoms with Gasteiger partial charge in [-0.2, -0.15) is 0 Å². The number of hydrogen-bond acceptors (Lipinski definition) is 3. The first-order chi connectivity index (χ1) is 10.1. The summed E-state index contributed by atoms with van der Waals surface area (Å²) in [4.78, 5) is 11.8. The third-order valence-corrected chi connectivity index (χ3v) is 3.08. The molecule has 0 heterocycles. The Bertz CT molecular complexity index is 602. The fraction of sp³-hybridized carbons (Fsp3) is 0.188. The van der Waals surface area contributed by atoms with E-state index >= 15 is 0 Å². The van der Waals surface area contributed by atoms with Crippen molar-refractivity contribution in [1.29, 1.82) is 0 Å². The topological polar surface area (TPSA) is 64.3 Å². The number of benzene rings is 2. The summed E-state index contributed by atoms with van der Waals surface area (Å²) in [6, 6.07) is 14.5. The molecule has 4 nitrogen and oxygen atoms in total. The Morgan fingerprint density at radius 1 is 1.19 bits per heavy atom. The zero-order valence-corrected chi connectivity index (χ0v) is 12.3. The maximum absolute atomic E-state index is 11.8. The van der Waals surface area contributed by atoms with Gasteiger partial charge in [0, 0.05) is 11.4 Å². The lowest BCUT2D eigenvalue weighted by Crippen LogP contribution is -2.14. The average Bonchev–Trinajstić information content (AvgIpc) is 2.48. The molecule has 2 aromatic rings. The van der Waals surface area contributed by atoms with Crippen LogP contribution >= 0.6 is 11.6 Å². The molecule has 0 unspecified atom stereocenters. The number of ether oxygens (including phenoxy) is 1. The summed E-state index contributed by atoms with van der Waals surface area (Å²) in [5.41, 5.74) is 6.80. The number of carbonyl (C=O) groups excluding carboxylic acids is 1. The van der Waals surface area contributed by atoms with Gasteiger partial charge in [-0.05, 0) is 36.8 Å². The lowest BCUT2D eigenvalue weighted by molar-refractivity contribution is -0.116. The van der Waals surface area contributed by atoms with Crippen LogP contribution < -0.4 is 15.8 Å². The van der Waals surface area contributed by atoms with E-state index < -0.39 is 0 Å². The largest absolute Gasteiger partial charge is 0.494 e. The maximum Gasteiger partial charge on any atom is 0.224 e. The standard InChI is InChI=1S/C16H17ClN2O2/c17-12-8-9-14(18)15(11-12)19-16(20)7-4-10-21-13-5-2-1-3-6-13/h1-3,5-6,8-9,11H,4,7,10,18H2,(H,19,20). The SMILES string of the molecule is Nc1ccc(Cl)cc1NC(=O)CCCOc1ccccc1. The Balaban J connectivity index is 1.74. The van der Waals surface area contributed by atoms with Crippen molar-refractivity contribution in [3.63, 3.8) is 0 Å². The Hall–Kier alpha value is -2.20. The van der Waals surface area contributed by atoms with Crippen molar-refractivity contribution in [2.75, 3.05) is 17.7 Å². The lowest BCUT2D eigenvalue weighted by Gasteiger charge is -2.09. The molecule has 0 fully saturated rings. The van der Waals surface area contributed by atoms with Gasteiger partial charge in [0.15, 0.2) is 0 Å². The minimum absolute atomic E-state index is 0.111. The number of hydrogen-bond donors (Lipinski definition) is 2. The summed E-state index contributed by atoms with van der Waals surface area (Å²) >= 11 is 5.87. The molecule has 0 aliphatic carbocycles. The van der Waals surface area contributed by atoms with Crippen molar-refractivity contribution in [2.24, 2.45) is 0 Å². The molecule has 0 aliphatic rings. The third kappa shape index (κ3) is 5.00. The van der Waals surface area contributed by atoms with Crippen molar-refractivity contribution < 1.29 is 9.53 Å². The molecule has 21 heavy (non-hydrogen) atoms. The minimum atomic E-state index is -0.111. The zero-order valence-electron chi connectivity index (χ0n) is 11.5. The quantitative estimate of drug-likeness (QED) is 0.631. The van der Waals surface area contributed by atoms with E-state index in [0.29, 0.717) is 35.8 Å². The van der Waals surface area contributed by atoms with Crippen LogP contribution in [0.2, 0.25) is 5.02 Å². The highest BCUT2D eigenvalue weighted by molar-refractivity contribution is 6.31. The fourth-order valence-electron chi connectivity index (χ4n) is 1.79. The monoisotopic (exact) mass is 304 g/mol. The van der Waals surface area contributed by atoms with Crippen LogP contribution in [0.3, 0.4) is 0 Å². The number of nitrogens with one attached hydrogen (secondary N) is 1. The fourth-order valence-corrected chi connectivity index (χ4v) is 1.96. The summed E-state index contributed by atoms with van der Waals surface area (Å²) in [6.07, 6.45) is 0.986. The van der Waals surface area contributed by atoms with Crippen LogP contribution in [0.1, 0.15) is 12.8 Å². The highest BCUT2D eigenvalue weighted by Crippen LogP contribution is 2.23. The van der Waals surface area contributed by atoms with Crippen molar-refractivity contribution in [1.82, 2.24) is 0 Å². The van der Waals surface area contributed by atoms with Gasteiger partial charge in [0.05, 0.1) is 18.0 Å². The molecular weight excluding hydrogens is 288 g/mol. The zero-order chi connectivity index (χ0) is 15.1. The predicted octanol–water partition coefficient (Wildman–Crippen LogP) is 3.72. The maximum atomic E-state index is 11.8. The first kappa shape index (κ1) is 15.2. The second-order valence-electron chi connectivity index (χ2n) is 4.54. The number of nitrogens with two attached hydrogens (primary N) is 1. The number of rotatable bonds is 6. The second-order valence-corrected chi connectivity index (χ2v) is 4.98. The van der Waals surface area contributed by atoms with E-state index in [2.05, 4.69) is 5.32 Å². The Kier molecular flexibility index (Phi) is 5.46. The van der Waals surface area contributed by atoms with Crippen molar-refractivity contribution in [3.8, 4) is 5.75 Å². The third-order valence-electron chi connectivity index (χ3n) is 2.85. The predicted molar refractivity (Wildman–Crippen MR) is 85.7 cm³/mol. The lowest BCUT2D eigenvalue weighted by atomic mass is 10.2. The Morgan fingerprint density at radius 2 is 1.95 bits per heavy atom. The minimum Gasteiger partial charge on any atom is -0.494 e. The molecule has 110 valence electrons. The van der Waals surface area contributed by atoms with Crippen LogP contribution in [0.5, 0.6) is 5.75 Å². The smallest absolute Gasteiger partial charge is 0.224 e. The van der Waals surface area contributed by atoms with Gasteiger partial charge in [-0.15, -0.1) is 0 Å². The van der Waals surface area contributed by atoms with E-state index in [0.717, 1.165) is 5.75 Å². The molecule has 0 aromatic heterocycles. The molecule has 0 radical (unpaired) electrons. The number of nitrogen functional groups attached to an aromatic ring is 1. The van der Waals surface area contributed by atoms with Gasteiger partial charge in [0.25, 0.3) is 0 Å². The number of anilines is 2. The van der Waals surface area contributed by atoms with Gasteiger partial charge in [-0.1, -0.05) is 29.8 Å². The summed E-state index contributed by atoms with van der Waals surface area (Å²) in [6.45, 7) is 0.489. The molecule has 0 bridgehead atoms. The molecule has 0 saturated heterocycles. The van der Waals surface area contributed by atoms with E-state index in [1.807, 2.05) is 30.3 Å². The molecule has 1 amide bonds. The van der Waals surface area contributed by atoms with Crippen LogP contribution in [0.25, 0.3) is 0 Å². The van der Waals surface area contributed by atoms with Gasteiger partial charge in [0.2, 0.25) is 5.91 Å². The number of amides is 1. The van der Waals surface area contributed by atoms with E-state index in [1.54, 1.807) is 18.2 Å². The highest BCUT2D eigenvalue weighted by Gasteiger charge is 2.06. The van der Waals surface area contributed by atoms with E-state index in [1.165, 1.54) is 0 Å². The summed E-state index contributed by atoms with van der Waals surface area (Å²) in [5.74, 6) is 0.692. The van der Waals surface area contributed by atoms with Gasteiger partial charge < -0.3 is 15.8 Å². The van der Waals surface area contributed by atoms with Crippen molar-refractivity contribution in [3.05, 3.63) is 53.6 Å². The van der Waals surface area contributed by atoms with Crippen LogP contribution in [-0.4, -0.2) is 12.5 Å². The van der Waals surface area contributed by atoms with Crippen LogP contribution in [0.15, 0.2) is 48.5 Å². The number of carbonyl (C=O) groups is 1. The first-order valence-electron chi connectivity index (χ1n) is 6.68. The molecule has 0 atom stereocenters. The van der Waals surface area contributed by atoms with Gasteiger partial charge in [0.1, 0.15) is 5.75 Å². The molecule has 2 aromatic carbocycles. The molecular formula is C16H17ClN2O2. The molecule has 2 rings (SSSR count). The average molecular weight is 305 g/mol. The molecule has 0 aliphatic heterocycles.